The molecular weight excluding hydrogens is 288 g/mol. The van der Waals surface area contributed by atoms with E-state index in [1.165, 1.54) is 7.11 Å². The summed E-state index contributed by atoms with van der Waals surface area (Å²) >= 11 is 5.73. The van der Waals surface area contributed by atoms with Crippen molar-refractivity contribution in [3.63, 3.8) is 0 Å². The highest BCUT2D eigenvalue weighted by Gasteiger charge is 2.20. The molecule has 0 saturated heterocycles. The van der Waals surface area contributed by atoms with Crippen molar-refractivity contribution >= 4 is 21.6 Å². The molecule has 0 aliphatic rings. The zero-order valence-electron chi connectivity index (χ0n) is 9.49. The molecule has 1 rings (SSSR count). The van der Waals surface area contributed by atoms with E-state index < -0.39 is 31.9 Å². The van der Waals surface area contributed by atoms with Crippen LogP contribution in [0.1, 0.15) is 0 Å². The third-order valence-corrected chi connectivity index (χ3v) is 3.74. The van der Waals surface area contributed by atoms with Crippen LogP contribution < -0.4 is 4.72 Å². The van der Waals surface area contributed by atoms with Gasteiger partial charge in [-0.3, -0.25) is 0 Å². The van der Waals surface area contributed by atoms with Gasteiger partial charge in [0.15, 0.2) is 0 Å². The standard InChI is InChI=1S/C10H12ClF2NO3S/c1-17-6-7(11)5-14-18(15,16)10-4-8(12)2-3-9(10)13/h2-4,7,14H,5-6H2,1H3. The molecule has 1 atom stereocenters. The number of benzene rings is 1. The average Bonchev–Trinajstić information content (AvgIpc) is 2.30. The molecule has 1 N–H and O–H groups in total. The SMILES string of the molecule is COCC(Cl)CNS(=O)(=O)c1cc(F)ccc1F. The molecule has 8 heteroatoms. The van der Waals surface area contributed by atoms with Crippen molar-refractivity contribution < 1.29 is 21.9 Å². The molecule has 0 radical (unpaired) electrons. The quantitative estimate of drug-likeness (QED) is 0.810. The summed E-state index contributed by atoms with van der Waals surface area (Å²) in [6.07, 6.45) is 0. The van der Waals surface area contributed by atoms with Crippen LogP contribution in [0, 0.1) is 11.6 Å². The predicted molar refractivity (Wildman–Crippen MR) is 63.1 cm³/mol. The van der Waals surface area contributed by atoms with Crippen LogP contribution in [0.3, 0.4) is 0 Å². The van der Waals surface area contributed by atoms with Gasteiger partial charge in [-0.15, -0.1) is 11.6 Å². The Bertz CT molecular complexity index is 510. The molecule has 0 fully saturated rings. The highest BCUT2D eigenvalue weighted by molar-refractivity contribution is 7.89. The Morgan fingerprint density at radius 1 is 1.44 bits per heavy atom. The third kappa shape index (κ3) is 4.16. The van der Waals surface area contributed by atoms with Gasteiger partial charge < -0.3 is 4.74 Å². The monoisotopic (exact) mass is 299 g/mol. The lowest BCUT2D eigenvalue weighted by molar-refractivity contribution is 0.198. The van der Waals surface area contributed by atoms with Crippen LogP contribution in [0.5, 0.6) is 0 Å². The Kier molecular flexibility index (Phi) is 5.46. The average molecular weight is 300 g/mol. The first-order chi connectivity index (χ1) is 8.36. The summed E-state index contributed by atoms with van der Waals surface area (Å²) in [5.41, 5.74) is 0. The van der Waals surface area contributed by atoms with Crippen LogP contribution in [-0.2, 0) is 14.8 Å². The van der Waals surface area contributed by atoms with Gasteiger partial charge in [-0.1, -0.05) is 0 Å². The summed E-state index contributed by atoms with van der Waals surface area (Å²) < 4.78 is 56.4. The van der Waals surface area contributed by atoms with Gasteiger partial charge in [-0.25, -0.2) is 21.9 Å². The minimum atomic E-state index is -4.13. The number of hydrogen-bond acceptors (Lipinski definition) is 3. The third-order valence-electron chi connectivity index (χ3n) is 2.03. The van der Waals surface area contributed by atoms with E-state index in [1.54, 1.807) is 0 Å². The zero-order chi connectivity index (χ0) is 13.8. The Balaban J connectivity index is 2.83. The maximum atomic E-state index is 13.3. The van der Waals surface area contributed by atoms with E-state index >= 15 is 0 Å². The van der Waals surface area contributed by atoms with Crippen molar-refractivity contribution in [1.82, 2.24) is 4.72 Å². The number of hydrogen-bond donors (Lipinski definition) is 1. The fraction of sp³-hybridized carbons (Fsp3) is 0.400. The number of methoxy groups -OCH3 is 1. The smallest absolute Gasteiger partial charge is 0.243 e. The summed E-state index contributed by atoms with van der Waals surface area (Å²) in [7, 11) is -2.72. The first-order valence-corrected chi connectivity index (χ1v) is 6.86. The van der Waals surface area contributed by atoms with Crippen molar-refractivity contribution in [3.8, 4) is 0 Å². The molecule has 0 aromatic heterocycles. The molecule has 0 aliphatic carbocycles. The van der Waals surface area contributed by atoms with Gasteiger partial charge in [0.25, 0.3) is 0 Å². The van der Waals surface area contributed by atoms with E-state index in [9.17, 15) is 17.2 Å². The molecule has 0 spiro atoms. The van der Waals surface area contributed by atoms with Crippen LogP contribution >= 0.6 is 11.6 Å². The van der Waals surface area contributed by atoms with E-state index in [-0.39, 0.29) is 13.2 Å². The number of alkyl halides is 1. The van der Waals surface area contributed by atoms with E-state index in [4.69, 9.17) is 16.3 Å². The summed E-state index contributed by atoms with van der Waals surface area (Å²) in [4.78, 5) is -0.746. The van der Waals surface area contributed by atoms with Gasteiger partial charge in [0, 0.05) is 13.7 Å². The van der Waals surface area contributed by atoms with Crippen LogP contribution in [0.25, 0.3) is 0 Å². The Hall–Kier alpha value is -0.760. The molecule has 102 valence electrons. The summed E-state index contributed by atoms with van der Waals surface area (Å²) in [5.74, 6) is -1.86. The number of ether oxygens (including phenoxy) is 1. The molecule has 0 heterocycles. The zero-order valence-corrected chi connectivity index (χ0v) is 11.1. The van der Waals surface area contributed by atoms with Gasteiger partial charge >= 0.3 is 0 Å². The lowest BCUT2D eigenvalue weighted by Gasteiger charge is -2.11. The van der Waals surface area contributed by atoms with Gasteiger partial charge in [0.1, 0.15) is 16.5 Å². The second kappa shape index (κ2) is 6.42. The van der Waals surface area contributed by atoms with E-state index in [1.807, 2.05) is 0 Å². The van der Waals surface area contributed by atoms with Crippen LogP contribution in [0.4, 0.5) is 8.78 Å². The maximum Gasteiger partial charge on any atom is 0.243 e. The number of rotatable bonds is 6. The summed E-state index contributed by atoms with van der Waals surface area (Å²) in [5, 5.41) is -0.596. The number of halogens is 3. The molecule has 1 aromatic carbocycles. The molecule has 4 nitrogen and oxygen atoms in total. The Morgan fingerprint density at radius 2 is 2.11 bits per heavy atom. The summed E-state index contributed by atoms with van der Waals surface area (Å²) in [6, 6.07) is 2.19. The van der Waals surface area contributed by atoms with Crippen LogP contribution in [-0.4, -0.2) is 34.1 Å². The van der Waals surface area contributed by atoms with Gasteiger partial charge in [0.05, 0.1) is 12.0 Å². The summed E-state index contributed by atoms with van der Waals surface area (Å²) in [6.45, 7) is -0.0105. The van der Waals surface area contributed by atoms with Crippen molar-refractivity contribution in [2.75, 3.05) is 20.3 Å². The van der Waals surface area contributed by atoms with Crippen molar-refractivity contribution in [2.45, 2.75) is 10.3 Å². The molecule has 1 aromatic rings. The van der Waals surface area contributed by atoms with Gasteiger partial charge in [-0.2, -0.15) is 0 Å². The van der Waals surface area contributed by atoms with Crippen LogP contribution in [0.2, 0.25) is 0 Å². The molecule has 18 heavy (non-hydrogen) atoms. The van der Waals surface area contributed by atoms with Crippen molar-refractivity contribution in [1.29, 1.82) is 0 Å². The second-order valence-corrected chi connectivity index (χ2v) is 5.83. The number of sulfonamides is 1. The van der Waals surface area contributed by atoms with Crippen molar-refractivity contribution in [2.24, 2.45) is 0 Å². The van der Waals surface area contributed by atoms with Crippen molar-refractivity contribution in [3.05, 3.63) is 29.8 Å². The van der Waals surface area contributed by atoms with Gasteiger partial charge in [-0.05, 0) is 18.2 Å². The molecule has 0 amide bonds. The first-order valence-electron chi connectivity index (χ1n) is 4.94. The topological polar surface area (TPSA) is 55.4 Å². The largest absolute Gasteiger partial charge is 0.383 e. The predicted octanol–water partition coefficient (Wildman–Crippen LogP) is 1.50. The van der Waals surface area contributed by atoms with Gasteiger partial charge in [0.2, 0.25) is 10.0 Å². The normalized spacial score (nSPS) is 13.6. The minimum Gasteiger partial charge on any atom is -0.383 e. The molecular formula is C10H12ClF2NO3S. The first kappa shape index (κ1) is 15.3. The molecule has 0 saturated carbocycles. The highest BCUT2D eigenvalue weighted by Crippen LogP contribution is 2.15. The lowest BCUT2D eigenvalue weighted by atomic mass is 10.3. The minimum absolute atomic E-state index is 0.135. The Morgan fingerprint density at radius 3 is 2.72 bits per heavy atom. The van der Waals surface area contributed by atoms with E-state index in [0.717, 1.165) is 12.1 Å². The Labute approximate surface area is 109 Å². The fourth-order valence-corrected chi connectivity index (χ4v) is 2.66. The number of nitrogens with one attached hydrogen (secondary N) is 1. The molecule has 0 aliphatic heterocycles. The van der Waals surface area contributed by atoms with Crippen LogP contribution in [0.15, 0.2) is 23.1 Å². The fourth-order valence-electron chi connectivity index (χ4n) is 1.20. The second-order valence-electron chi connectivity index (χ2n) is 3.48. The molecule has 1 unspecified atom stereocenters. The van der Waals surface area contributed by atoms with E-state index in [0.29, 0.717) is 6.07 Å². The maximum absolute atomic E-state index is 13.3. The highest BCUT2D eigenvalue weighted by atomic mass is 35.5. The van der Waals surface area contributed by atoms with E-state index in [2.05, 4.69) is 4.72 Å². The molecule has 0 bridgehead atoms. The lowest BCUT2D eigenvalue weighted by Crippen LogP contribution is -2.32.